The third-order valence-corrected chi connectivity index (χ3v) is 3.01. The summed E-state index contributed by atoms with van der Waals surface area (Å²) in [7, 11) is 1.82. The number of amides is 1. The number of carbonyl (C=O) groups excluding carboxylic acids is 1. The fraction of sp³-hybridized carbons (Fsp3) is 0.385. The van der Waals surface area contributed by atoms with Crippen molar-refractivity contribution < 1.29 is 4.79 Å². The topological polar surface area (TPSA) is 95.7 Å². The van der Waals surface area contributed by atoms with Gasteiger partial charge in [0, 0.05) is 30.4 Å². The number of nitrogens with zero attached hydrogens (tertiary/aromatic N) is 5. The van der Waals surface area contributed by atoms with Crippen LogP contribution in [-0.2, 0) is 7.05 Å². The first-order valence-electron chi connectivity index (χ1n) is 6.45. The van der Waals surface area contributed by atoms with Gasteiger partial charge in [-0.3, -0.25) is 9.48 Å². The van der Waals surface area contributed by atoms with Crippen LogP contribution in [0.15, 0.2) is 29.4 Å². The summed E-state index contributed by atoms with van der Waals surface area (Å²) in [5.41, 5.74) is 9.51. The number of benzene rings is 1. The number of para-hydroxylation sites is 1. The number of fused-ring (bicyclic) bond motifs is 1. The van der Waals surface area contributed by atoms with Gasteiger partial charge in [0.2, 0.25) is 0 Å². The fourth-order valence-corrected chi connectivity index (χ4v) is 2.02. The summed E-state index contributed by atoms with van der Waals surface area (Å²) in [6.45, 7) is 1.00. The molecule has 1 aromatic heterocycles. The summed E-state index contributed by atoms with van der Waals surface area (Å²) in [6, 6.07) is 7.62. The van der Waals surface area contributed by atoms with Crippen LogP contribution in [0.2, 0.25) is 0 Å². The minimum atomic E-state index is -0.175. The van der Waals surface area contributed by atoms with E-state index in [1.54, 1.807) is 4.68 Å². The number of hydrogen-bond acceptors (Lipinski definition) is 3. The van der Waals surface area contributed by atoms with Crippen LogP contribution in [0.3, 0.4) is 0 Å². The van der Waals surface area contributed by atoms with E-state index >= 15 is 0 Å². The number of carbonyl (C=O) groups is 1. The van der Waals surface area contributed by atoms with Crippen molar-refractivity contribution in [1.29, 1.82) is 0 Å². The number of unbranched alkanes of at least 4 members (excludes halogenated alkanes) is 1. The van der Waals surface area contributed by atoms with Crippen LogP contribution in [0, 0.1) is 0 Å². The minimum absolute atomic E-state index is 0.175. The van der Waals surface area contributed by atoms with E-state index in [4.69, 9.17) is 5.53 Å². The Labute approximate surface area is 116 Å². The lowest BCUT2D eigenvalue weighted by Crippen LogP contribution is -2.25. The molecule has 20 heavy (non-hydrogen) atoms. The van der Waals surface area contributed by atoms with Gasteiger partial charge < -0.3 is 5.32 Å². The highest BCUT2D eigenvalue weighted by Crippen LogP contribution is 2.17. The van der Waals surface area contributed by atoms with Gasteiger partial charge in [-0.2, -0.15) is 5.10 Å². The molecular formula is C13H16N6O. The third-order valence-electron chi connectivity index (χ3n) is 3.01. The molecule has 2 rings (SSSR count). The molecule has 0 spiro atoms. The molecule has 0 atom stereocenters. The molecule has 0 unspecified atom stereocenters. The molecule has 1 aromatic carbocycles. The maximum atomic E-state index is 12.1. The van der Waals surface area contributed by atoms with E-state index < -0.39 is 0 Å². The van der Waals surface area contributed by atoms with E-state index in [0.717, 1.165) is 23.7 Å². The first-order chi connectivity index (χ1) is 9.74. The highest BCUT2D eigenvalue weighted by molar-refractivity contribution is 6.04. The molecule has 0 aliphatic heterocycles. The van der Waals surface area contributed by atoms with E-state index in [0.29, 0.717) is 18.8 Å². The number of rotatable bonds is 6. The zero-order chi connectivity index (χ0) is 14.4. The van der Waals surface area contributed by atoms with Crippen molar-refractivity contribution in [2.75, 3.05) is 13.1 Å². The van der Waals surface area contributed by atoms with Crippen molar-refractivity contribution in [1.82, 2.24) is 15.1 Å². The SMILES string of the molecule is Cn1nc(C(=O)NCCCCN=[N+]=[N-])c2ccccc21. The molecule has 2 aromatic rings. The average Bonchev–Trinajstić information content (AvgIpc) is 2.80. The van der Waals surface area contributed by atoms with Crippen molar-refractivity contribution >= 4 is 16.8 Å². The Morgan fingerprint density at radius 2 is 2.25 bits per heavy atom. The number of aromatic nitrogens is 2. The molecule has 0 fully saturated rings. The second-order valence-corrected chi connectivity index (χ2v) is 4.41. The molecule has 0 aliphatic carbocycles. The third kappa shape index (κ3) is 3.07. The van der Waals surface area contributed by atoms with Crippen molar-refractivity contribution in [3.05, 3.63) is 40.4 Å². The predicted molar refractivity (Wildman–Crippen MR) is 76.3 cm³/mol. The van der Waals surface area contributed by atoms with Gasteiger partial charge in [0.15, 0.2) is 5.69 Å². The van der Waals surface area contributed by atoms with Crippen molar-refractivity contribution in [2.24, 2.45) is 12.2 Å². The summed E-state index contributed by atoms with van der Waals surface area (Å²) in [5, 5.41) is 11.4. The van der Waals surface area contributed by atoms with Crippen LogP contribution in [0.25, 0.3) is 21.3 Å². The maximum absolute atomic E-state index is 12.1. The smallest absolute Gasteiger partial charge is 0.272 e. The second-order valence-electron chi connectivity index (χ2n) is 4.41. The van der Waals surface area contributed by atoms with E-state index in [1.807, 2.05) is 31.3 Å². The lowest BCUT2D eigenvalue weighted by Gasteiger charge is -2.02. The number of aryl methyl sites for hydroxylation is 1. The predicted octanol–water partition coefficient (Wildman–Crippen LogP) is 2.39. The van der Waals surface area contributed by atoms with Gasteiger partial charge >= 0.3 is 0 Å². The molecule has 1 N–H and O–H groups in total. The molecule has 0 aliphatic rings. The van der Waals surface area contributed by atoms with Crippen LogP contribution < -0.4 is 5.32 Å². The lowest BCUT2D eigenvalue weighted by molar-refractivity contribution is 0.0949. The van der Waals surface area contributed by atoms with Gasteiger partial charge in [-0.25, -0.2) is 0 Å². The molecule has 7 nitrogen and oxygen atoms in total. The standard InChI is InChI=1S/C13H16N6O/c1-19-11-7-3-2-6-10(11)12(17-19)13(20)15-8-4-5-9-16-18-14/h2-3,6-7H,4-5,8-9H2,1H3,(H,15,20). The van der Waals surface area contributed by atoms with Gasteiger partial charge in [0.25, 0.3) is 5.91 Å². The summed E-state index contributed by atoms with van der Waals surface area (Å²) >= 11 is 0. The van der Waals surface area contributed by atoms with Crippen molar-refractivity contribution in [3.8, 4) is 0 Å². The van der Waals surface area contributed by atoms with Crippen LogP contribution in [0.4, 0.5) is 0 Å². The van der Waals surface area contributed by atoms with E-state index in [9.17, 15) is 4.79 Å². The van der Waals surface area contributed by atoms with Crippen molar-refractivity contribution in [3.63, 3.8) is 0 Å². The number of azide groups is 1. The van der Waals surface area contributed by atoms with E-state index in [1.165, 1.54) is 0 Å². The van der Waals surface area contributed by atoms with Gasteiger partial charge in [0.1, 0.15) is 0 Å². The summed E-state index contributed by atoms with van der Waals surface area (Å²) in [6.07, 6.45) is 1.53. The summed E-state index contributed by atoms with van der Waals surface area (Å²) < 4.78 is 1.70. The molecular weight excluding hydrogens is 256 g/mol. The second kappa shape index (κ2) is 6.58. The Morgan fingerprint density at radius 1 is 1.45 bits per heavy atom. The van der Waals surface area contributed by atoms with Gasteiger partial charge in [-0.05, 0) is 24.4 Å². The fourth-order valence-electron chi connectivity index (χ4n) is 2.02. The Bertz CT molecular complexity index is 656. The molecule has 0 saturated carbocycles. The Balaban J connectivity index is 1.96. The molecule has 1 heterocycles. The maximum Gasteiger partial charge on any atom is 0.272 e. The van der Waals surface area contributed by atoms with E-state index in [-0.39, 0.29) is 5.91 Å². The van der Waals surface area contributed by atoms with E-state index in [2.05, 4.69) is 20.4 Å². The zero-order valence-corrected chi connectivity index (χ0v) is 11.3. The largest absolute Gasteiger partial charge is 0.351 e. The molecule has 7 heteroatoms. The normalized spacial score (nSPS) is 10.2. The molecule has 1 amide bonds. The van der Waals surface area contributed by atoms with Gasteiger partial charge in [0.05, 0.1) is 5.52 Å². The van der Waals surface area contributed by atoms with Gasteiger partial charge in [-0.15, -0.1) is 0 Å². The van der Waals surface area contributed by atoms with Gasteiger partial charge in [-0.1, -0.05) is 23.3 Å². The molecule has 0 bridgehead atoms. The minimum Gasteiger partial charge on any atom is -0.351 e. The summed E-state index contributed by atoms with van der Waals surface area (Å²) in [4.78, 5) is 14.8. The quantitative estimate of drug-likeness (QED) is 0.378. The number of nitrogens with one attached hydrogen (secondary N) is 1. The first-order valence-corrected chi connectivity index (χ1v) is 6.45. The van der Waals surface area contributed by atoms with Crippen LogP contribution in [0.1, 0.15) is 23.3 Å². The number of hydrogen-bond donors (Lipinski definition) is 1. The lowest BCUT2D eigenvalue weighted by atomic mass is 10.2. The highest BCUT2D eigenvalue weighted by atomic mass is 16.1. The Hall–Kier alpha value is -2.53. The zero-order valence-electron chi connectivity index (χ0n) is 11.3. The molecule has 0 saturated heterocycles. The Morgan fingerprint density at radius 3 is 3.05 bits per heavy atom. The summed E-state index contributed by atoms with van der Waals surface area (Å²) in [5.74, 6) is -0.175. The Kier molecular flexibility index (Phi) is 4.57. The molecule has 104 valence electrons. The highest BCUT2D eigenvalue weighted by Gasteiger charge is 2.14. The molecule has 0 radical (unpaired) electrons. The van der Waals surface area contributed by atoms with Crippen LogP contribution in [-0.4, -0.2) is 28.8 Å². The van der Waals surface area contributed by atoms with Crippen LogP contribution >= 0.6 is 0 Å². The average molecular weight is 272 g/mol. The van der Waals surface area contributed by atoms with Crippen LogP contribution in [0.5, 0.6) is 0 Å². The first kappa shape index (κ1) is 13.9. The van der Waals surface area contributed by atoms with Crippen molar-refractivity contribution in [2.45, 2.75) is 12.8 Å². The monoisotopic (exact) mass is 272 g/mol.